The molecule has 2 aromatic heterocycles. The number of pyridine rings is 1. The first-order valence-electron chi connectivity index (χ1n) is 11.5. The van der Waals surface area contributed by atoms with Crippen molar-refractivity contribution >= 4 is 5.78 Å². The molecule has 166 valence electrons. The maximum Gasteiger partial charge on any atom is 0.163 e. The van der Waals surface area contributed by atoms with Crippen molar-refractivity contribution in [3.8, 4) is 5.75 Å². The van der Waals surface area contributed by atoms with Crippen LogP contribution in [0.4, 0.5) is 0 Å². The van der Waals surface area contributed by atoms with E-state index in [1.807, 2.05) is 47.3 Å². The minimum atomic E-state index is -0.222. The minimum absolute atomic E-state index is 0.222. The van der Waals surface area contributed by atoms with Crippen molar-refractivity contribution in [1.29, 1.82) is 0 Å². The summed E-state index contributed by atoms with van der Waals surface area (Å²) >= 11 is 0. The van der Waals surface area contributed by atoms with E-state index in [0.29, 0.717) is 13.0 Å². The molecule has 0 bridgehead atoms. The quantitative estimate of drug-likeness (QED) is 0.370. The number of carbonyl (C=O) groups is 1. The molecule has 5 nitrogen and oxygen atoms in total. The molecule has 2 heterocycles. The molecule has 2 aromatic carbocycles. The number of nitrogens with zero attached hydrogens (tertiary/aromatic N) is 3. The van der Waals surface area contributed by atoms with Crippen LogP contribution in [0.5, 0.6) is 5.75 Å². The lowest BCUT2D eigenvalue weighted by molar-refractivity contribution is 0.0972. The summed E-state index contributed by atoms with van der Waals surface area (Å²) < 4.78 is 8.71. The molecule has 1 atom stereocenters. The number of ketones is 1. The van der Waals surface area contributed by atoms with Crippen LogP contribution in [0.15, 0.2) is 85.7 Å². The van der Waals surface area contributed by atoms with Crippen LogP contribution in [0, 0.1) is 0 Å². The molecular formula is C28H27N3O2. The van der Waals surface area contributed by atoms with Gasteiger partial charge in [-0.3, -0.25) is 9.78 Å². The number of aryl methyl sites for hydroxylation is 1. The molecule has 1 aliphatic rings. The summed E-state index contributed by atoms with van der Waals surface area (Å²) in [7, 11) is 0. The molecule has 0 fully saturated rings. The Bertz CT molecular complexity index is 1200. The van der Waals surface area contributed by atoms with Gasteiger partial charge in [0.15, 0.2) is 5.78 Å². The van der Waals surface area contributed by atoms with Crippen LogP contribution in [-0.2, 0) is 25.8 Å². The summed E-state index contributed by atoms with van der Waals surface area (Å²) in [5.74, 6) is 1.10. The summed E-state index contributed by atoms with van der Waals surface area (Å²) in [6, 6.07) is 18.4. The maximum atomic E-state index is 12.6. The lowest BCUT2D eigenvalue weighted by Crippen LogP contribution is -2.18. The molecular weight excluding hydrogens is 410 g/mol. The van der Waals surface area contributed by atoms with Crippen LogP contribution in [0.3, 0.4) is 0 Å². The first kappa shape index (κ1) is 21.1. The smallest absolute Gasteiger partial charge is 0.163 e. The molecule has 0 unspecified atom stereocenters. The van der Waals surface area contributed by atoms with Gasteiger partial charge in [-0.1, -0.05) is 36.4 Å². The van der Waals surface area contributed by atoms with E-state index in [1.54, 1.807) is 18.7 Å². The Morgan fingerprint density at radius 1 is 0.939 bits per heavy atom. The average molecular weight is 438 g/mol. The second-order valence-electron chi connectivity index (χ2n) is 8.48. The van der Waals surface area contributed by atoms with E-state index >= 15 is 0 Å². The molecule has 5 heteroatoms. The van der Waals surface area contributed by atoms with Crippen LogP contribution in [0.1, 0.15) is 51.6 Å². The highest BCUT2D eigenvalue weighted by Gasteiger charge is 2.24. The summed E-state index contributed by atoms with van der Waals surface area (Å²) in [5, 5.41) is 0. The molecule has 33 heavy (non-hydrogen) atoms. The van der Waals surface area contributed by atoms with Crippen molar-refractivity contribution in [3.63, 3.8) is 0 Å². The first-order valence-corrected chi connectivity index (χ1v) is 11.5. The number of imidazole rings is 1. The highest BCUT2D eigenvalue weighted by atomic mass is 16.5. The van der Waals surface area contributed by atoms with Crippen molar-refractivity contribution < 1.29 is 9.53 Å². The average Bonchev–Trinajstić information content (AvgIpc) is 3.37. The zero-order chi connectivity index (χ0) is 22.5. The number of ether oxygens (including phenoxy) is 1. The zero-order valence-corrected chi connectivity index (χ0v) is 18.6. The highest BCUT2D eigenvalue weighted by Crippen LogP contribution is 2.35. The van der Waals surface area contributed by atoms with Gasteiger partial charge in [-0.05, 0) is 60.6 Å². The van der Waals surface area contributed by atoms with Gasteiger partial charge in [0.2, 0.25) is 0 Å². The molecule has 4 aromatic rings. The Morgan fingerprint density at radius 2 is 1.85 bits per heavy atom. The van der Waals surface area contributed by atoms with Crippen molar-refractivity contribution in [2.24, 2.45) is 0 Å². The van der Waals surface area contributed by atoms with Gasteiger partial charge in [-0.25, -0.2) is 4.98 Å². The number of benzene rings is 2. The van der Waals surface area contributed by atoms with E-state index < -0.39 is 0 Å². The molecule has 0 amide bonds. The van der Waals surface area contributed by atoms with E-state index in [4.69, 9.17) is 4.74 Å². The van der Waals surface area contributed by atoms with E-state index in [0.717, 1.165) is 53.7 Å². The number of carbonyl (C=O) groups excluding carboxylic acids is 1. The van der Waals surface area contributed by atoms with Gasteiger partial charge in [-0.15, -0.1) is 0 Å². The standard InChI is InChI=1S/C28H27N3O2/c32-26-10-4-9-23-24(26)13-14-27(25(23)12-11-21-6-2-1-3-7-21)33-28(19-31-17-16-30-20-31)22-8-5-15-29-18-22/h1-3,5-8,13-18,20,28H,4,9-12,19H2/t28-/m1/s1. The highest BCUT2D eigenvalue weighted by molar-refractivity contribution is 5.99. The van der Waals surface area contributed by atoms with E-state index in [1.165, 1.54) is 5.56 Å². The van der Waals surface area contributed by atoms with E-state index in [9.17, 15) is 4.79 Å². The van der Waals surface area contributed by atoms with Crippen molar-refractivity contribution in [1.82, 2.24) is 14.5 Å². The maximum absolute atomic E-state index is 12.6. The fourth-order valence-electron chi connectivity index (χ4n) is 4.59. The zero-order valence-electron chi connectivity index (χ0n) is 18.6. The second kappa shape index (κ2) is 9.82. The van der Waals surface area contributed by atoms with Crippen LogP contribution < -0.4 is 4.74 Å². The van der Waals surface area contributed by atoms with Gasteiger partial charge in [0, 0.05) is 42.3 Å². The first-order chi connectivity index (χ1) is 16.3. The van der Waals surface area contributed by atoms with Crippen molar-refractivity contribution in [2.75, 3.05) is 0 Å². The fraction of sp³-hybridized carbons (Fsp3) is 0.250. The van der Waals surface area contributed by atoms with Crippen LogP contribution in [-0.4, -0.2) is 20.3 Å². The number of fused-ring (bicyclic) bond motifs is 1. The lowest BCUT2D eigenvalue weighted by atomic mass is 9.85. The third kappa shape index (κ3) is 4.87. The van der Waals surface area contributed by atoms with Crippen LogP contribution in [0.2, 0.25) is 0 Å². The Morgan fingerprint density at radius 3 is 2.64 bits per heavy atom. The van der Waals surface area contributed by atoms with Gasteiger partial charge in [0.1, 0.15) is 11.9 Å². The molecule has 0 saturated heterocycles. The predicted octanol–water partition coefficient (Wildman–Crippen LogP) is 5.40. The van der Waals surface area contributed by atoms with Crippen molar-refractivity contribution in [3.05, 3.63) is 114 Å². The Kier molecular flexibility index (Phi) is 6.29. The summed E-state index contributed by atoms with van der Waals surface area (Å²) in [6.45, 7) is 0.625. The number of hydrogen-bond acceptors (Lipinski definition) is 4. The third-order valence-corrected chi connectivity index (χ3v) is 6.29. The molecule has 0 radical (unpaired) electrons. The monoisotopic (exact) mass is 437 g/mol. The van der Waals surface area contributed by atoms with Crippen molar-refractivity contribution in [2.45, 2.75) is 44.8 Å². The van der Waals surface area contributed by atoms with Gasteiger partial charge in [-0.2, -0.15) is 0 Å². The summed E-state index contributed by atoms with van der Waals surface area (Å²) in [6.07, 6.45) is 13.1. The SMILES string of the molecule is O=C1CCCc2c1ccc(O[C@H](Cn1ccnc1)c1cccnc1)c2CCc1ccccc1. The van der Waals surface area contributed by atoms with Crippen LogP contribution in [0.25, 0.3) is 0 Å². The number of Topliss-reactive ketones (excluding diaryl/α,β-unsaturated/α-hetero) is 1. The Labute approximate surface area is 194 Å². The van der Waals surface area contributed by atoms with Gasteiger partial charge < -0.3 is 9.30 Å². The number of aromatic nitrogens is 3. The summed E-state index contributed by atoms with van der Waals surface area (Å²) in [4.78, 5) is 21.1. The van der Waals surface area contributed by atoms with Gasteiger partial charge in [0.25, 0.3) is 0 Å². The number of rotatable bonds is 8. The molecule has 0 N–H and O–H groups in total. The largest absolute Gasteiger partial charge is 0.483 e. The molecule has 0 saturated carbocycles. The number of hydrogen-bond donors (Lipinski definition) is 0. The summed E-state index contributed by atoms with van der Waals surface area (Å²) in [5.41, 5.74) is 5.47. The van der Waals surface area contributed by atoms with Gasteiger partial charge >= 0.3 is 0 Å². The lowest BCUT2D eigenvalue weighted by Gasteiger charge is -2.25. The molecule has 0 aliphatic heterocycles. The second-order valence-corrected chi connectivity index (χ2v) is 8.48. The van der Waals surface area contributed by atoms with Crippen LogP contribution >= 0.6 is 0 Å². The third-order valence-electron chi connectivity index (χ3n) is 6.29. The normalized spacial score (nSPS) is 14.0. The molecule has 5 rings (SSSR count). The van der Waals surface area contributed by atoms with Gasteiger partial charge in [0.05, 0.1) is 12.9 Å². The Balaban J connectivity index is 1.50. The Hall–Kier alpha value is -3.73. The van der Waals surface area contributed by atoms with E-state index in [-0.39, 0.29) is 11.9 Å². The molecule has 1 aliphatic carbocycles. The topological polar surface area (TPSA) is 57.0 Å². The molecule has 0 spiro atoms. The predicted molar refractivity (Wildman–Crippen MR) is 127 cm³/mol. The van der Waals surface area contributed by atoms with E-state index in [2.05, 4.69) is 34.2 Å². The minimum Gasteiger partial charge on any atom is -0.483 e. The fourth-order valence-corrected chi connectivity index (χ4v) is 4.59.